The van der Waals surface area contributed by atoms with Gasteiger partial charge in [0.25, 0.3) is 6.43 Å². The van der Waals surface area contributed by atoms with Crippen molar-refractivity contribution in [3.8, 4) is 11.4 Å². The van der Waals surface area contributed by atoms with Gasteiger partial charge in [0.15, 0.2) is 0 Å². The summed E-state index contributed by atoms with van der Waals surface area (Å²) in [7, 11) is 0. The number of aromatic nitrogens is 4. The highest BCUT2D eigenvalue weighted by molar-refractivity contribution is 7.88. The van der Waals surface area contributed by atoms with E-state index in [1.54, 1.807) is 12.5 Å². The van der Waals surface area contributed by atoms with E-state index >= 15 is 0 Å². The molecule has 2 aromatic rings. The second-order valence-corrected chi connectivity index (χ2v) is 9.32. The third-order valence-corrected chi connectivity index (χ3v) is 5.59. The van der Waals surface area contributed by atoms with Crippen LogP contribution in [0.25, 0.3) is 17.5 Å². The van der Waals surface area contributed by atoms with E-state index in [0.29, 0.717) is 36.1 Å². The molecule has 3 rings (SSSR count). The van der Waals surface area contributed by atoms with Crippen LogP contribution >= 0.6 is 0 Å². The number of hydrogen-bond acceptors (Lipinski definition) is 8. The average Bonchev–Trinajstić information content (AvgIpc) is 3.21. The zero-order chi connectivity index (χ0) is 23.5. The molecule has 3 N–H and O–H groups in total. The van der Waals surface area contributed by atoms with Crippen LogP contribution in [0, 0.1) is 5.41 Å². The molecule has 1 aliphatic heterocycles. The molecule has 1 aliphatic rings. The van der Waals surface area contributed by atoms with E-state index in [0.717, 1.165) is 6.08 Å². The third kappa shape index (κ3) is 6.09. The van der Waals surface area contributed by atoms with Crippen molar-refractivity contribution < 1.29 is 18.1 Å². The predicted molar refractivity (Wildman–Crippen MR) is 120 cm³/mol. The van der Waals surface area contributed by atoms with Gasteiger partial charge in [0, 0.05) is 24.0 Å². The number of nitrogens with one attached hydrogen (secondary N) is 3. The SMILES string of the molecule is CC1C(CN[S+](C)[O-])OC(C)(C)CN1c1cc(-c2cnc(/C=C\C(=N)C(F)F)[nH]2)ncn1. The lowest BCUT2D eigenvalue weighted by Gasteiger charge is -2.47. The lowest BCUT2D eigenvalue weighted by atomic mass is 10.00. The highest BCUT2D eigenvalue weighted by Gasteiger charge is 2.39. The van der Waals surface area contributed by atoms with Crippen molar-refractivity contribution >= 4 is 29.0 Å². The lowest BCUT2D eigenvalue weighted by Crippen LogP contribution is -2.60. The first-order chi connectivity index (χ1) is 15.1. The van der Waals surface area contributed by atoms with Crippen LogP contribution in [0.2, 0.25) is 0 Å². The fraction of sp³-hybridized carbons (Fsp3) is 0.500. The topological polar surface area (TPSA) is 126 Å². The number of halogens is 2. The molecule has 3 unspecified atom stereocenters. The summed E-state index contributed by atoms with van der Waals surface area (Å²) in [6.07, 6.45) is 3.88. The fourth-order valence-corrected chi connectivity index (χ4v) is 3.85. The molecule has 0 amide bonds. The minimum absolute atomic E-state index is 0.0394. The summed E-state index contributed by atoms with van der Waals surface area (Å²) in [6, 6.07) is 1.78. The van der Waals surface area contributed by atoms with Gasteiger partial charge in [0.2, 0.25) is 0 Å². The number of ether oxygens (including phenoxy) is 1. The Labute approximate surface area is 188 Å². The first kappa shape index (κ1) is 24.2. The van der Waals surface area contributed by atoms with E-state index in [1.165, 1.54) is 12.4 Å². The highest BCUT2D eigenvalue weighted by atomic mass is 32.2. The van der Waals surface area contributed by atoms with Crippen LogP contribution in [0.1, 0.15) is 26.6 Å². The van der Waals surface area contributed by atoms with Crippen molar-refractivity contribution in [1.29, 1.82) is 5.41 Å². The molecule has 0 aliphatic carbocycles. The van der Waals surface area contributed by atoms with Gasteiger partial charge in [0.05, 0.1) is 47.6 Å². The summed E-state index contributed by atoms with van der Waals surface area (Å²) in [5.74, 6) is 1.04. The number of allylic oxidation sites excluding steroid dienone is 1. The van der Waals surface area contributed by atoms with Crippen LogP contribution in [-0.2, 0) is 16.1 Å². The Morgan fingerprint density at radius 2 is 2.22 bits per heavy atom. The van der Waals surface area contributed by atoms with E-state index in [4.69, 9.17) is 10.1 Å². The van der Waals surface area contributed by atoms with Crippen molar-refractivity contribution in [2.75, 3.05) is 24.2 Å². The van der Waals surface area contributed by atoms with Crippen LogP contribution in [0.4, 0.5) is 14.6 Å². The second-order valence-electron chi connectivity index (χ2n) is 8.12. The van der Waals surface area contributed by atoms with E-state index in [2.05, 4.69) is 29.6 Å². The van der Waals surface area contributed by atoms with Gasteiger partial charge in [-0.15, -0.1) is 4.72 Å². The first-order valence-corrected chi connectivity index (χ1v) is 11.5. The van der Waals surface area contributed by atoms with Gasteiger partial charge < -0.3 is 19.2 Å². The van der Waals surface area contributed by atoms with Crippen molar-refractivity contribution in [2.24, 2.45) is 0 Å². The summed E-state index contributed by atoms with van der Waals surface area (Å²) in [6.45, 7) is 7.05. The maximum Gasteiger partial charge on any atom is 0.279 e. The van der Waals surface area contributed by atoms with Gasteiger partial charge in [-0.05, 0) is 32.9 Å². The molecule has 0 spiro atoms. The average molecular weight is 468 g/mol. The Morgan fingerprint density at radius 3 is 2.91 bits per heavy atom. The van der Waals surface area contributed by atoms with Gasteiger partial charge in [0.1, 0.15) is 24.2 Å². The molecule has 3 heterocycles. The molecule has 32 heavy (non-hydrogen) atoms. The Bertz CT molecular complexity index is 967. The van der Waals surface area contributed by atoms with Crippen LogP contribution in [0.5, 0.6) is 0 Å². The van der Waals surface area contributed by atoms with Gasteiger partial charge in [-0.25, -0.2) is 23.7 Å². The summed E-state index contributed by atoms with van der Waals surface area (Å²) >= 11 is -1.14. The van der Waals surface area contributed by atoms with E-state index in [-0.39, 0.29) is 12.1 Å². The standard InChI is InChI=1S/C20H27F2N7O2S/c1-12-16(9-27-32(4)30)31-20(2,3)10-29(12)18-7-14(25-11-26-18)15-8-24-17(28-15)6-5-13(23)19(21)22/h5-8,11-12,16,19,23,27H,9-10H2,1-4H3,(H,24,28)/b6-5-,23-13?. The van der Waals surface area contributed by atoms with Gasteiger partial charge in [-0.1, -0.05) is 0 Å². The number of hydrogen-bond donors (Lipinski definition) is 3. The van der Waals surface area contributed by atoms with E-state index < -0.39 is 29.1 Å². The number of anilines is 1. The second kappa shape index (κ2) is 10.0. The number of rotatable bonds is 8. The Hall–Kier alpha value is -2.41. The normalized spacial score (nSPS) is 21.9. The van der Waals surface area contributed by atoms with Crippen molar-refractivity contribution in [3.05, 3.63) is 30.5 Å². The van der Waals surface area contributed by atoms with E-state index in [1.807, 2.05) is 26.8 Å². The molecular weight excluding hydrogens is 440 g/mol. The monoisotopic (exact) mass is 467 g/mol. The number of imidazole rings is 1. The molecule has 1 fully saturated rings. The lowest BCUT2D eigenvalue weighted by molar-refractivity contribution is -0.0965. The van der Waals surface area contributed by atoms with Crippen molar-refractivity contribution in [2.45, 2.75) is 44.9 Å². The number of aromatic amines is 1. The van der Waals surface area contributed by atoms with Crippen molar-refractivity contribution in [3.63, 3.8) is 0 Å². The zero-order valence-corrected chi connectivity index (χ0v) is 19.1. The molecule has 9 nitrogen and oxygen atoms in total. The molecule has 0 aromatic carbocycles. The smallest absolute Gasteiger partial charge is 0.279 e. The first-order valence-electron chi connectivity index (χ1n) is 9.99. The summed E-state index contributed by atoms with van der Waals surface area (Å²) in [5.41, 5.74) is -0.0453. The molecule has 12 heteroatoms. The van der Waals surface area contributed by atoms with Crippen LogP contribution in [-0.4, -0.2) is 73.7 Å². The van der Waals surface area contributed by atoms with Gasteiger partial charge in [-0.2, -0.15) is 0 Å². The molecule has 2 aromatic heterocycles. The molecule has 0 radical (unpaired) electrons. The van der Waals surface area contributed by atoms with Crippen molar-refractivity contribution in [1.82, 2.24) is 24.7 Å². The Balaban J connectivity index is 1.81. The zero-order valence-electron chi connectivity index (χ0n) is 18.3. The Morgan fingerprint density at radius 1 is 1.47 bits per heavy atom. The maximum absolute atomic E-state index is 12.5. The minimum Gasteiger partial charge on any atom is -0.598 e. The highest BCUT2D eigenvalue weighted by Crippen LogP contribution is 2.30. The number of morpholine rings is 1. The van der Waals surface area contributed by atoms with Crippen LogP contribution < -0.4 is 9.62 Å². The molecule has 174 valence electrons. The summed E-state index contributed by atoms with van der Waals surface area (Å²) in [4.78, 5) is 18.0. The molecule has 3 atom stereocenters. The quantitative estimate of drug-likeness (QED) is 0.402. The van der Waals surface area contributed by atoms with Gasteiger partial charge >= 0.3 is 0 Å². The van der Waals surface area contributed by atoms with Crippen LogP contribution in [0.3, 0.4) is 0 Å². The van der Waals surface area contributed by atoms with E-state index in [9.17, 15) is 13.3 Å². The molecule has 0 bridgehead atoms. The number of alkyl halides is 2. The summed E-state index contributed by atoms with van der Waals surface area (Å²) in [5, 5.41) is 7.19. The van der Waals surface area contributed by atoms with Gasteiger partial charge in [-0.3, -0.25) is 5.41 Å². The minimum atomic E-state index is -2.83. The fourth-order valence-electron chi connectivity index (χ4n) is 3.45. The summed E-state index contributed by atoms with van der Waals surface area (Å²) < 4.78 is 45.5. The maximum atomic E-state index is 12.5. The number of H-pyrrole nitrogens is 1. The molecular formula is C20H27F2N7O2S. The molecule has 1 saturated heterocycles. The van der Waals surface area contributed by atoms with Crippen LogP contribution in [0.15, 0.2) is 24.7 Å². The molecule has 0 saturated carbocycles. The third-order valence-electron chi connectivity index (χ3n) is 5.01. The largest absolute Gasteiger partial charge is 0.598 e. The number of nitrogens with zero attached hydrogens (tertiary/aromatic N) is 4. The Kier molecular flexibility index (Phi) is 7.59. The predicted octanol–water partition coefficient (Wildman–Crippen LogP) is 2.42.